The second kappa shape index (κ2) is 5.55. The summed E-state index contributed by atoms with van der Waals surface area (Å²) in [6.45, 7) is 4.31. The topological polar surface area (TPSA) is 68.5 Å². The van der Waals surface area contributed by atoms with Crippen molar-refractivity contribution in [1.29, 1.82) is 0 Å². The van der Waals surface area contributed by atoms with Gasteiger partial charge in [-0.2, -0.15) is 26.3 Å². The monoisotopic (exact) mass is 337 g/mol. The normalized spacial score (nSPS) is 21.5. The van der Waals surface area contributed by atoms with E-state index in [4.69, 9.17) is 5.11 Å². The Morgan fingerprint density at radius 2 is 1.64 bits per heavy atom. The number of hydrogen-bond acceptors (Lipinski definition) is 4. The van der Waals surface area contributed by atoms with E-state index in [2.05, 4.69) is 10.1 Å². The summed E-state index contributed by atoms with van der Waals surface area (Å²) >= 11 is 0. The van der Waals surface area contributed by atoms with Gasteiger partial charge < -0.3 is 15.2 Å². The fourth-order valence-electron chi connectivity index (χ4n) is 1.90. The summed E-state index contributed by atoms with van der Waals surface area (Å²) in [6.07, 6.45) is -15.4. The van der Waals surface area contributed by atoms with Crippen molar-refractivity contribution >= 4 is 5.97 Å². The molecule has 4 nitrogen and oxygen atoms in total. The first-order valence-electron chi connectivity index (χ1n) is 6.43. The molecule has 0 bridgehead atoms. The number of carbonyl (C=O) groups excluding carboxylic acids is 1. The molecule has 1 aliphatic heterocycles. The number of rotatable bonds is 5. The summed E-state index contributed by atoms with van der Waals surface area (Å²) < 4.78 is 80.0. The van der Waals surface area contributed by atoms with Crippen LogP contribution in [-0.4, -0.2) is 47.7 Å². The van der Waals surface area contributed by atoms with E-state index in [0.29, 0.717) is 6.54 Å². The van der Waals surface area contributed by atoms with Crippen molar-refractivity contribution in [1.82, 2.24) is 5.32 Å². The van der Waals surface area contributed by atoms with E-state index >= 15 is 0 Å². The zero-order chi connectivity index (χ0) is 17.6. The molecule has 2 atom stereocenters. The average molecular weight is 337 g/mol. The molecular weight excluding hydrogens is 320 g/mol. The third kappa shape index (κ3) is 3.65. The van der Waals surface area contributed by atoms with E-state index in [1.165, 1.54) is 13.8 Å². The van der Waals surface area contributed by atoms with Gasteiger partial charge in [-0.3, -0.25) is 4.79 Å². The predicted octanol–water partition coefficient (Wildman–Crippen LogP) is 2.16. The third-order valence-corrected chi connectivity index (χ3v) is 3.63. The molecular formula is C12H17F6NO3. The van der Waals surface area contributed by atoms with Crippen molar-refractivity contribution in [2.24, 2.45) is 5.41 Å². The molecule has 0 saturated carbocycles. The molecule has 2 N–H and O–H groups in total. The number of hydrogen-bond donors (Lipinski definition) is 2. The fourth-order valence-corrected chi connectivity index (χ4v) is 1.90. The third-order valence-electron chi connectivity index (χ3n) is 3.63. The molecule has 0 aliphatic carbocycles. The van der Waals surface area contributed by atoms with Crippen molar-refractivity contribution in [3.63, 3.8) is 0 Å². The smallest absolute Gasteiger partial charge is 0.426 e. The van der Waals surface area contributed by atoms with E-state index in [-0.39, 0.29) is 6.04 Å². The van der Waals surface area contributed by atoms with E-state index < -0.39 is 41.9 Å². The lowest BCUT2D eigenvalue weighted by Crippen LogP contribution is -2.58. The minimum absolute atomic E-state index is 0.240. The molecule has 0 aromatic carbocycles. The quantitative estimate of drug-likeness (QED) is 0.458. The molecule has 0 aromatic heterocycles. The van der Waals surface area contributed by atoms with Gasteiger partial charge in [0.2, 0.25) is 0 Å². The van der Waals surface area contributed by atoms with Crippen LogP contribution in [0.5, 0.6) is 0 Å². The highest BCUT2D eigenvalue weighted by atomic mass is 19.4. The van der Waals surface area contributed by atoms with Gasteiger partial charge >= 0.3 is 18.3 Å². The maximum atomic E-state index is 12.5. The molecule has 0 radical (unpaired) electrons. The lowest BCUT2D eigenvalue weighted by Gasteiger charge is -2.34. The second-order valence-electron chi connectivity index (χ2n) is 5.96. The van der Waals surface area contributed by atoms with Crippen LogP contribution < -0.4 is 5.32 Å². The summed E-state index contributed by atoms with van der Waals surface area (Å²) in [5, 5.41) is 11.9. The van der Waals surface area contributed by atoms with Crippen LogP contribution in [0.2, 0.25) is 0 Å². The van der Waals surface area contributed by atoms with E-state index in [0.717, 1.165) is 6.92 Å². The Hall–Kier alpha value is -1.03. The lowest BCUT2D eigenvalue weighted by molar-refractivity contribution is -0.373. The standard InChI is InChI=1S/C12H17F6NO3/c1-6(22-8(20)9(2,3)7-5-19-7)4-10(21,11(13,14)15)12(16,17)18/h6-7,19,21H,4-5H2,1-3H3. The van der Waals surface area contributed by atoms with Crippen LogP contribution in [0.25, 0.3) is 0 Å². The molecule has 0 spiro atoms. The number of aliphatic hydroxyl groups is 1. The van der Waals surface area contributed by atoms with Crippen molar-refractivity contribution in [2.45, 2.75) is 57.3 Å². The van der Waals surface area contributed by atoms with Crippen LogP contribution in [0.15, 0.2) is 0 Å². The van der Waals surface area contributed by atoms with Gasteiger partial charge in [0.25, 0.3) is 5.60 Å². The SMILES string of the molecule is CC(CC(O)(C(F)(F)F)C(F)(F)F)OC(=O)C(C)(C)C1CN1. The zero-order valence-corrected chi connectivity index (χ0v) is 12.1. The Morgan fingerprint density at radius 3 is 1.95 bits per heavy atom. The summed E-state index contributed by atoms with van der Waals surface area (Å²) in [5.74, 6) is -0.929. The van der Waals surface area contributed by atoms with Crippen LogP contribution in [0, 0.1) is 5.41 Å². The first-order valence-corrected chi connectivity index (χ1v) is 6.43. The molecule has 10 heteroatoms. The van der Waals surface area contributed by atoms with Gasteiger partial charge in [-0.15, -0.1) is 0 Å². The molecule has 1 rings (SSSR count). The molecule has 130 valence electrons. The van der Waals surface area contributed by atoms with Crippen LogP contribution in [0.4, 0.5) is 26.3 Å². The molecule has 0 amide bonds. The molecule has 22 heavy (non-hydrogen) atoms. The van der Waals surface area contributed by atoms with Crippen LogP contribution in [-0.2, 0) is 9.53 Å². The van der Waals surface area contributed by atoms with Gasteiger partial charge in [-0.25, -0.2) is 0 Å². The summed E-state index contributed by atoms with van der Waals surface area (Å²) in [7, 11) is 0. The number of nitrogens with one attached hydrogen (secondary N) is 1. The molecule has 1 aliphatic rings. The van der Waals surface area contributed by atoms with E-state index in [1.807, 2.05) is 0 Å². The Kier molecular flexibility index (Phi) is 4.80. The van der Waals surface area contributed by atoms with E-state index in [9.17, 15) is 31.1 Å². The first kappa shape index (κ1) is 19.0. The highest BCUT2D eigenvalue weighted by molar-refractivity contribution is 5.77. The number of halogens is 6. The van der Waals surface area contributed by atoms with Crippen molar-refractivity contribution < 1.29 is 41.0 Å². The molecule has 0 aromatic rings. The Morgan fingerprint density at radius 1 is 1.23 bits per heavy atom. The average Bonchev–Trinajstić information content (AvgIpc) is 3.08. The number of esters is 1. The van der Waals surface area contributed by atoms with Crippen LogP contribution in [0.1, 0.15) is 27.2 Å². The van der Waals surface area contributed by atoms with Gasteiger partial charge in [0.05, 0.1) is 5.41 Å². The Balaban J connectivity index is 2.81. The maximum Gasteiger partial charge on any atom is 0.426 e. The molecule has 2 unspecified atom stereocenters. The number of carbonyl (C=O) groups is 1. The predicted molar refractivity (Wildman–Crippen MR) is 62.8 cm³/mol. The van der Waals surface area contributed by atoms with Crippen molar-refractivity contribution in [2.75, 3.05) is 6.54 Å². The lowest BCUT2D eigenvalue weighted by atomic mass is 9.89. The van der Waals surface area contributed by atoms with Gasteiger partial charge in [-0.05, 0) is 20.8 Å². The van der Waals surface area contributed by atoms with Gasteiger partial charge in [0.1, 0.15) is 6.10 Å². The maximum absolute atomic E-state index is 12.5. The van der Waals surface area contributed by atoms with Crippen LogP contribution >= 0.6 is 0 Å². The highest BCUT2D eigenvalue weighted by Crippen LogP contribution is 2.46. The minimum Gasteiger partial charge on any atom is -0.462 e. The van der Waals surface area contributed by atoms with Crippen molar-refractivity contribution in [3.8, 4) is 0 Å². The van der Waals surface area contributed by atoms with Crippen LogP contribution in [0.3, 0.4) is 0 Å². The Labute approximate surface area is 122 Å². The number of ether oxygens (including phenoxy) is 1. The number of alkyl halides is 6. The second-order valence-corrected chi connectivity index (χ2v) is 5.96. The highest BCUT2D eigenvalue weighted by Gasteiger charge is 2.70. The molecule has 1 fully saturated rings. The largest absolute Gasteiger partial charge is 0.462 e. The first-order chi connectivity index (χ1) is 9.63. The van der Waals surface area contributed by atoms with Gasteiger partial charge in [0.15, 0.2) is 0 Å². The van der Waals surface area contributed by atoms with E-state index in [1.54, 1.807) is 0 Å². The minimum atomic E-state index is -5.93. The summed E-state index contributed by atoms with van der Waals surface area (Å²) in [4.78, 5) is 11.8. The molecule has 1 saturated heterocycles. The zero-order valence-electron chi connectivity index (χ0n) is 12.1. The molecule has 1 heterocycles. The summed E-state index contributed by atoms with van der Waals surface area (Å²) in [6, 6.07) is -0.240. The summed E-state index contributed by atoms with van der Waals surface area (Å²) in [5.41, 5.74) is -6.01. The van der Waals surface area contributed by atoms with Gasteiger partial charge in [-0.1, -0.05) is 0 Å². The fraction of sp³-hybridized carbons (Fsp3) is 0.917. The van der Waals surface area contributed by atoms with Gasteiger partial charge in [0, 0.05) is 19.0 Å². The Bertz CT molecular complexity index is 414. The van der Waals surface area contributed by atoms with Crippen molar-refractivity contribution in [3.05, 3.63) is 0 Å².